The molecule has 5 rings (SSSR count). The van der Waals surface area contributed by atoms with Crippen molar-refractivity contribution < 1.29 is 4.39 Å². The number of fused-ring (bicyclic) bond motifs is 1. The average Bonchev–Trinajstić information content (AvgIpc) is 3.25. The predicted molar refractivity (Wildman–Crippen MR) is 128 cm³/mol. The van der Waals surface area contributed by atoms with E-state index in [4.69, 9.17) is 11.6 Å². The quantitative estimate of drug-likeness (QED) is 0.546. The number of halogens is 2. The fourth-order valence-electron chi connectivity index (χ4n) is 4.82. The second kappa shape index (κ2) is 9.65. The number of rotatable bonds is 6. The van der Waals surface area contributed by atoms with Crippen LogP contribution in [0.5, 0.6) is 0 Å². The molecule has 9 heteroatoms. The van der Waals surface area contributed by atoms with Gasteiger partial charge in [0.05, 0.1) is 17.9 Å². The summed E-state index contributed by atoms with van der Waals surface area (Å²) in [4.78, 5) is 13.8. The van der Waals surface area contributed by atoms with Gasteiger partial charge in [-0.25, -0.2) is 14.4 Å². The topological polar surface area (TPSA) is 62.1 Å². The highest BCUT2D eigenvalue weighted by molar-refractivity contribution is 6.28. The summed E-state index contributed by atoms with van der Waals surface area (Å²) < 4.78 is 15.7. The molecular formula is C24H29ClFN7. The summed E-state index contributed by atoms with van der Waals surface area (Å²) in [6.45, 7) is 4.43. The van der Waals surface area contributed by atoms with Crippen molar-refractivity contribution in [1.82, 2.24) is 24.6 Å². The number of nitrogens with zero attached hydrogens (tertiary/aromatic N) is 6. The maximum atomic E-state index is 13.8. The summed E-state index contributed by atoms with van der Waals surface area (Å²) >= 11 is 6.33. The van der Waals surface area contributed by atoms with Gasteiger partial charge in [-0.1, -0.05) is 12.5 Å². The third kappa shape index (κ3) is 5.12. The lowest BCUT2D eigenvalue weighted by Crippen LogP contribution is -2.36. The first kappa shape index (κ1) is 22.1. The van der Waals surface area contributed by atoms with E-state index in [1.807, 2.05) is 24.0 Å². The third-order valence-electron chi connectivity index (χ3n) is 6.53. The van der Waals surface area contributed by atoms with Crippen LogP contribution in [0.3, 0.4) is 0 Å². The molecule has 3 aromatic rings. The van der Waals surface area contributed by atoms with Crippen molar-refractivity contribution in [2.45, 2.75) is 38.3 Å². The molecule has 1 fully saturated rings. The maximum absolute atomic E-state index is 13.8. The van der Waals surface area contributed by atoms with Gasteiger partial charge in [0.15, 0.2) is 0 Å². The van der Waals surface area contributed by atoms with Crippen LogP contribution in [-0.2, 0) is 20.0 Å². The van der Waals surface area contributed by atoms with Crippen LogP contribution in [0.4, 0.5) is 15.9 Å². The van der Waals surface area contributed by atoms with Crippen molar-refractivity contribution in [2.24, 2.45) is 7.05 Å². The van der Waals surface area contributed by atoms with E-state index < -0.39 is 0 Å². The van der Waals surface area contributed by atoms with Gasteiger partial charge >= 0.3 is 0 Å². The third-order valence-corrected chi connectivity index (χ3v) is 6.70. The first-order valence-electron chi connectivity index (χ1n) is 11.6. The van der Waals surface area contributed by atoms with Gasteiger partial charge < -0.3 is 15.1 Å². The Kier molecular flexibility index (Phi) is 6.46. The number of hydrogen-bond donors (Lipinski definition) is 1. The molecule has 1 unspecified atom stereocenters. The zero-order valence-electron chi connectivity index (χ0n) is 18.8. The number of piperidine rings is 1. The number of benzene rings is 1. The zero-order valence-corrected chi connectivity index (χ0v) is 19.6. The molecule has 33 heavy (non-hydrogen) atoms. The van der Waals surface area contributed by atoms with Crippen LogP contribution in [0.15, 0.2) is 36.7 Å². The number of aromatic nitrogens is 4. The largest absolute Gasteiger partial charge is 0.367 e. The standard InChI is InChI=1S/C24H29ClFN7/c1-31-14-17(13-27-31)22(16-32-9-3-2-4-10-32)28-23-20-15-33(19-7-5-6-18(26)12-19)11-8-21(20)29-24(25)30-23/h5-7,12-14,22H,2-4,8-11,15-16H2,1H3,(H,28,29,30). The van der Waals surface area contributed by atoms with Gasteiger partial charge in [-0.05, 0) is 55.7 Å². The molecule has 2 aromatic heterocycles. The molecule has 0 radical (unpaired) electrons. The summed E-state index contributed by atoms with van der Waals surface area (Å²) in [6.07, 6.45) is 8.46. The van der Waals surface area contributed by atoms with Crippen LogP contribution in [-0.4, -0.2) is 50.8 Å². The Morgan fingerprint density at radius 3 is 2.76 bits per heavy atom. The highest BCUT2D eigenvalue weighted by Crippen LogP contribution is 2.31. The molecule has 4 heterocycles. The Bertz CT molecular complexity index is 1110. The molecule has 7 nitrogen and oxygen atoms in total. The van der Waals surface area contributed by atoms with Crippen LogP contribution in [0.2, 0.25) is 5.28 Å². The Morgan fingerprint density at radius 1 is 1.15 bits per heavy atom. The van der Waals surface area contributed by atoms with Gasteiger partial charge in [0.25, 0.3) is 0 Å². The van der Waals surface area contributed by atoms with Crippen molar-refractivity contribution in [1.29, 1.82) is 0 Å². The minimum Gasteiger partial charge on any atom is -0.367 e. The van der Waals surface area contributed by atoms with E-state index in [0.29, 0.717) is 6.54 Å². The Balaban J connectivity index is 1.44. The van der Waals surface area contributed by atoms with Gasteiger partial charge in [-0.15, -0.1) is 0 Å². The summed E-state index contributed by atoms with van der Waals surface area (Å²) in [5, 5.41) is 8.32. The van der Waals surface area contributed by atoms with E-state index in [1.165, 1.54) is 25.3 Å². The lowest BCUT2D eigenvalue weighted by Gasteiger charge is -2.33. The summed E-state index contributed by atoms with van der Waals surface area (Å²) in [6, 6.07) is 6.75. The lowest BCUT2D eigenvalue weighted by atomic mass is 10.0. The van der Waals surface area contributed by atoms with Gasteiger partial charge in [0.1, 0.15) is 11.6 Å². The van der Waals surface area contributed by atoms with Crippen molar-refractivity contribution in [3.63, 3.8) is 0 Å². The summed E-state index contributed by atoms with van der Waals surface area (Å²) in [7, 11) is 1.93. The number of nitrogens with one attached hydrogen (secondary N) is 1. The number of anilines is 2. The van der Waals surface area contributed by atoms with Crippen LogP contribution in [0.25, 0.3) is 0 Å². The SMILES string of the molecule is Cn1cc(C(CN2CCCCC2)Nc2nc(Cl)nc3c2CN(c2cccc(F)c2)CC3)cn1. The van der Waals surface area contributed by atoms with E-state index in [2.05, 4.69) is 36.4 Å². The van der Waals surface area contributed by atoms with Gasteiger partial charge in [0, 0.05) is 56.1 Å². The molecule has 0 spiro atoms. The minimum atomic E-state index is -0.234. The van der Waals surface area contributed by atoms with Crippen molar-refractivity contribution in [3.05, 3.63) is 64.6 Å². The van der Waals surface area contributed by atoms with Crippen molar-refractivity contribution in [3.8, 4) is 0 Å². The second-order valence-corrected chi connectivity index (χ2v) is 9.26. The highest BCUT2D eigenvalue weighted by atomic mass is 35.5. The normalized spacial score (nSPS) is 17.6. The monoisotopic (exact) mass is 469 g/mol. The van der Waals surface area contributed by atoms with Crippen molar-refractivity contribution >= 4 is 23.1 Å². The molecule has 1 aromatic carbocycles. The molecule has 174 valence electrons. The Hall–Kier alpha value is -2.71. The predicted octanol–water partition coefficient (Wildman–Crippen LogP) is 4.20. The molecule has 1 N–H and O–H groups in total. The first-order valence-corrected chi connectivity index (χ1v) is 12.0. The lowest BCUT2D eigenvalue weighted by molar-refractivity contribution is 0.220. The zero-order chi connectivity index (χ0) is 22.8. The van der Waals surface area contributed by atoms with Crippen LogP contribution in [0, 0.1) is 5.82 Å². The number of likely N-dealkylation sites (tertiary alicyclic amines) is 1. The van der Waals surface area contributed by atoms with Crippen molar-refractivity contribution in [2.75, 3.05) is 36.4 Å². The van der Waals surface area contributed by atoms with Crippen LogP contribution < -0.4 is 10.2 Å². The van der Waals surface area contributed by atoms with E-state index in [9.17, 15) is 4.39 Å². The molecule has 0 aliphatic carbocycles. The average molecular weight is 470 g/mol. The smallest absolute Gasteiger partial charge is 0.224 e. The fourth-order valence-corrected chi connectivity index (χ4v) is 5.00. The number of hydrogen-bond acceptors (Lipinski definition) is 6. The Morgan fingerprint density at radius 2 is 2.00 bits per heavy atom. The highest BCUT2D eigenvalue weighted by Gasteiger charge is 2.26. The minimum absolute atomic E-state index is 0.0245. The molecule has 0 bridgehead atoms. The van der Waals surface area contributed by atoms with Crippen LogP contribution in [0.1, 0.15) is 42.1 Å². The first-order chi connectivity index (χ1) is 16.0. The fraction of sp³-hybridized carbons (Fsp3) is 0.458. The van der Waals surface area contributed by atoms with E-state index in [1.54, 1.807) is 12.1 Å². The summed E-state index contributed by atoms with van der Waals surface area (Å²) in [5.74, 6) is 0.513. The van der Waals surface area contributed by atoms with Gasteiger partial charge in [-0.3, -0.25) is 4.68 Å². The summed E-state index contributed by atoms with van der Waals surface area (Å²) in [5.41, 5.74) is 3.94. The Labute approximate surface area is 198 Å². The van der Waals surface area contributed by atoms with E-state index in [-0.39, 0.29) is 17.1 Å². The van der Waals surface area contributed by atoms with E-state index in [0.717, 1.165) is 60.9 Å². The molecule has 2 aliphatic heterocycles. The molecule has 1 saturated heterocycles. The molecule has 0 amide bonds. The molecular weight excluding hydrogens is 441 g/mol. The second-order valence-electron chi connectivity index (χ2n) is 8.92. The van der Waals surface area contributed by atoms with Gasteiger partial charge in [0.2, 0.25) is 5.28 Å². The van der Waals surface area contributed by atoms with Crippen LogP contribution >= 0.6 is 11.6 Å². The molecule has 2 aliphatic rings. The van der Waals surface area contributed by atoms with Gasteiger partial charge in [-0.2, -0.15) is 5.10 Å². The number of aryl methyl sites for hydroxylation is 1. The van der Waals surface area contributed by atoms with E-state index >= 15 is 0 Å². The maximum Gasteiger partial charge on any atom is 0.224 e. The molecule has 0 saturated carbocycles. The molecule has 1 atom stereocenters.